The number of carbonyl (C=O) groups is 1. The van der Waals surface area contributed by atoms with E-state index in [-0.39, 0.29) is 5.91 Å². The molecule has 1 saturated heterocycles. The first-order chi connectivity index (χ1) is 9.18. The minimum absolute atomic E-state index is 0.0111. The molecule has 0 bridgehead atoms. The summed E-state index contributed by atoms with van der Waals surface area (Å²) in [4.78, 5) is 14.5. The van der Waals surface area contributed by atoms with Crippen LogP contribution >= 0.6 is 15.9 Å². The second kappa shape index (κ2) is 7.06. The summed E-state index contributed by atoms with van der Waals surface area (Å²) in [6.07, 6.45) is 3.67. The van der Waals surface area contributed by atoms with Gasteiger partial charge in [-0.2, -0.15) is 0 Å². The van der Waals surface area contributed by atoms with Crippen LogP contribution in [0.15, 0.2) is 22.7 Å². The average molecular weight is 325 g/mol. The quantitative estimate of drug-likeness (QED) is 0.844. The van der Waals surface area contributed by atoms with E-state index in [9.17, 15) is 4.79 Å². The lowest BCUT2D eigenvalue weighted by Crippen LogP contribution is -2.28. The Morgan fingerprint density at radius 2 is 2.11 bits per heavy atom. The van der Waals surface area contributed by atoms with Crippen molar-refractivity contribution < 1.29 is 4.79 Å². The number of likely N-dealkylation sites (tertiary alicyclic amines) is 1. The summed E-state index contributed by atoms with van der Waals surface area (Å²) in [6, 6.07) is 5.76. The topological polar surface area (TPSA) is 32.3 Å². The second-order valence-electron chi connectivity index (χ2n) is 5.09. The zero-order valence-electron chi connectivity index (χ0n) is 11.4. The Balaban J connectivity index is 1.76. The van der Waals surface area contributed by atoms with E-state index in [4.69, 9.17) is 0 Å². The van der Waals surface area contributed by atoms with E-state index >= 15 is 0 Å². The number of nitrogens with one attached hydrogen (secondary N) is 1. The van der Waals surface area contributed by atoms with E-state index in [1.165, 1.54) is 25.9 Å². The normalized spacial score (nSPS) is 15.7. The van der Waals surface area contributed by atoms with Crippen molar-refractivity contribution in [2.75, 3.05) is 26.2 Å². The van der Waals surface area contributed by atoms with Gasteiger partial charge in [0.1, 0.15) is 0 Å². The second-order valence-corrected chi connectivity index (χ2v) is 5.89. The first kappa shape index (κ1) is 14.5. The summed E-state index contributed by atoms with van der Waals surface area (Å²) in [6.45, 7) is 6.27. The molecule has 1 fully saturated rings. The molecule has 0 unspecified atom stereocenters. The van der Waals surface area contributed by atoms with Crippen LogP contribution < -0.4 is 5.32 Å². The highest BCUT2D eigenvalue weighted by molar-refractivity contribution is 9.10. The minimum Gasteiger partial charge on any atom is -0.352 e. The molecule has 0 aromatic heterocycles. The molecule has 0 radical (unpaired) electrons. The Bertz CT molecular complexity index is 442. The zero-order valence-corrected chi connectivity index (χ0v) is 13.0. The van der Waals surface area contributed by atoms with E-state index in [1.807, 2.05) is 25.1 Å². The number of benzene rings is 1. The third kappa shape index (κ3) is 4.05. The first-order valence-corrected chi connectivity index (χ1v) is 7.73. The van der Waals surface area contributed by atoms with Gasteiger partial charge in [-0.1, -0.05) is 12.1 Å². The van der Waals surface area contributed by atoms with Crippen LogP contribution in [0.3, 0.4) is 0 Å². The van der Waals surface area contributed by atoms with Gasteiger partial charge in [0.2, 0.25) is 0 Å². The summed E-state index contributed by atoms with van der Waals surface area (Å²) in [5.41, 5.74) is 1.81. The molecule has 0 aliphatic carbocycles. The average Bonchev–Trinajstić information content (AvgIpc) is 2.91. The standard InChI is InChI=1S/C15H21BrN2O/c1-12-6-4-7-13(14(12)16)15(19)17-8-5-11-18-9-2-3-10-18/h4,6-7H,2-3,5,8-11H2,1H3,(H,17,19). The summed E-state index contributed by atoms with van der Waals surface area (Å²) in [5.74, 6) is 0.0111. The van der Waals surface area contributed by atoms with Gasteiger partial charge in [0.25, 0.3) is 5.91 Å². The molecular formula is C15H21BrN2O. The number of hydrogen-bond acceptors (Lipinski definition) is 2. The molecule has 1 heterocycles. The van der Waals surface area contributed by atoms with Gasteiger partial charge in [-0.05, 0) is 73.4 Å². The Labute approximate surface area is 123 Å². The highest BCUT2D eigenvalue weighted by Gasteiger charge is 2.12. The molecule has 1 aromatic carbocycles. The summed E-state index contributed by atoms with van der Waals surface area (Å²) < 4.78 is 0.895. The maximum absolute atomic E-state index is 12.1. The SMILES string of the molecule is Cc1cccc(C(=O)NCCCN2CCCC2)c1Br. The Morgan fingerprint density at radius 3 is 2.84 bits per heavy atom. The number of rotatable bonds is 5. The van der Waals surface area contributed by atoms with Gasteiger partial charge in [-0.3, -0.25) is 4.79 Å². The number of carbonyl (C=O) groups excluding carboxylic acids is 1. The Hall–Kier alpha value is -0.870. The third-order valence-corrected chi connectivity index (χ3v) is 4.62. The van der Waals surface area contributed by atoms with Gasteiger partial charge < -0.3 is 10.2 Å². The van der Waals surface area contributed by atoms with Crippen molar-refractivity contribution in [2.24, 2.45) is 0 Å². The fourth-order valence-corrected chi connectivity index (χ4v) is 2.87. The van der Waals surface area contributed by atoms with Crippen LogP contribution in [0.25, 0.3) is 0 Å². The van der Waals surface area contributed by atoms with Crippen LogP contribution in [-0.2, 0) is 0 Å². The molecule has 0 saturated carbocycles. The fourth-order valence-electron chi connectivity index (χ4n) is 2.43. The van der Waals surface area contributed by atoms with E-state index < -0.39 is 0 Å². The van der Waals surface area contributed by atoms with Crippen molar-refractivity contribution >= 4 is 21.8 Å². The van der Waals surface area contributed by atoms with Crippen molar-refractivity contribution in [3.8, 4) is 0 Å². The molecule has 0 spiro atoms. The highest BCUT2D eigenvalue weighted by Crippen LogP contribution is 2.20. The number of halogens is 1. The summed E-state index contributed by atoms with van der Waals surface area (Å²) in [5, 5.41) is 3.00. The molecule has 19 heavy (non-hydrogen) atoms. The van der Waals surface area contributed by atoms with Crippen LogP contribution in [0.5, 0.6) is 0 Å². The van der Waals surface area contributed by atoms with Crippen LogP contribution in [0.2, 0.25) is 0 Å². The van der Waals surface area contributed by atoms with Gasteiger partial charge >= 0.3 is 0 Å². The van der Waals surface area contributed by atoms with Crippen molar-refractivity contribution in [3.05, 3.63) is 33.8 Å². The number of nitrogens with zero attached hydrogens (tertiary/aromatic N) is 1. The largest absolute Gasteiger partial charge is 0.352 e. The van der Waals surface area contributed by atoms with E-state index in [0.717, 1.165) is 35.1 Å². The lowest BCUT2D eigenvalue weighted by molar-refractivity contribution is 0.0951. The van der Waals surface area contributed by atoms with Crippen LogP contribution in [0, 0.1) is 6.92 Å². The lowest BCUT2D eigenvalue weighted by atomic mass is 10.1. The predicted molar refractivity (Wildman–Crippen MR) is 81.5 cm³/mol. The first-order valence-electron chi connectivity index (χ1n) is 6.94. The van der Waals surface area contributed by atoms with E-state index in [2.05, 4.69) is 26.1 Å². The van der Waals surface area contributed by atoms with Gasteiger partial charge in [0.05, 0.1) is 5.56 Å². The molecule has 104 valence electrons. The van der Waals surface area contributed by atoms with Gasteiger partial charge in [0.15, 0.2) is 0 Å². The van der Waals surface area contributed by atoms with Crippen LogP contribution in [-0.4, -0.2) is 37.0 Å². The number of aryl methyl sites for hydroxylation is 1. The maximum Gasteiger partial charge on any atom is 0.252 e. The molecular weight excluding hydrogens is 304 g/mol. The van der Waals surface area contributed by atoms with Gasteiger partial charge in [-0.15, -0.1) is 0 Å². The number of hydrogen-bond donors (Lipinski definition) is 1. The molecule has 1 amide bonds. The Morgan fingerprint density at radius 1 is 1.37 bits per heavy atom. The zero-order chi connectivity index (χ0) is 13.7. The molecule has 1 aliphatic heterocycles. The van der Waals surface area contributed by atoms with E-state index in [0.29, 0.717) is 0 Å². The Kier molecular flexibility index (Phi) is 5.40. The predicted octanol–water partition coefficient (Wildman–Crippen LogP) is 2.97. The molecule has 0 atom stereocenters. The van der Waals surface area contributed by atoms with Crippen molar-refractivity contribution in [1.29, 1.82) is 0 Å². The molecule has 2 rings (SSSR count). The van der Waals surface area contributed by atoms with Crippen molar-refractivity contribution in [1.82, 2.24) is 10.2 Å². The fraction of sp³-hybridized carbons (Fsp3) is 0.533. The smallest absolute Gasteiger partial charge is 0.252 e. The van der Waals surface area contributed by atoms with Crippen molar-refractivity contribution in [3.63, 3.8) is 0 Å². The van der Waals surface area contributed by atoms with Crippen LogP contribution in [0.1, 0.15) is 35.2 Å². The highest BCUT2D eigenvalue weighted by atomic mass is 79.9. The van der Waals surface area contributed by atoms with E-state index in [1.54, 1.807) is 0 Å². The minimum atomic E-state index is 0.0111. The molecule has 1 aliphatic rings. The lowest BCUT2D eigenvalue weighted by Gasteiger charge is -2.14. The van der Waals surface area contributed by atoms with Gasteiger partial charge in [0, 0.05) is 11.0 Å². The monoisotopic (exact) mass is 324 g/mol. The molecule has 3 nitrogen and oxygen atoms in total. The molecule has 1 N–H and O–H groups in total. The number of amides is 1. The van der Waals surface area contributed by atoms with Crippen molar-refractivity contribution in [2.45, 2.75) is 26.2 Å². The summed E-state index contributed by atoms with van der Waals surface area (Å²) in [7, 11) is 0. The maximum atomic E-state index is 12.1. The van der Waals surface area contributed by atoms with Gasteiger partial charge in [-0.25, -0.2) is 0 Å². The molecule has 4 heteroatoms. The van der Waals surface area contributed by atoms with Crippen LogP contribution in [0.4, 0.5) is 0 Å². The third-order valence-electron chi connectivity index (χ3n) is 3.57. The molecule has 1 aromatic rings. The summed E-state index contributed by atoms with van der Waals surface area (Å²) >= 11 is 3.47.